The van der Waals surface area contributed by atoms with Gasteiger partial charge in [0.15, 0.2) is 0 Å². The Morgan fingerprint density at radius 1 is 0.755 bits per heavy atom. The number of hydrogen-bond acceptors (Lipinski definition) is 8. The van der Waals surface area contributed by atoms with Crippen molar-refractivity contribution in [2.75, 3.05) is 26.2 Å². The molecular formula is C36H54N8O5. The molecule has 268 valence electrons. The van der Waals surface area contributed by atoms with Gasteiger partial charge in [0.2, 0.25) is 29.5 Å². The molecule has 2 aromatic rings. The highest BCUT2D eigenvalue weighted by Gasteiger charge is 2.32. The SMILES string of the molecule is CC(C)C[C@@H](NC(=O)C(Cc1ccccc1)NC(=O)[C@H](N)Cc1ccccc1)C(=O)NC(CCCN)C(=O)NC1CCN(CC(N)=O)CC1. The number of primary amides is 1. The van der Waals surface area contributed by atoms with Crippen LogP contribution in [0.5, 0.6) is 0 Å². The van der Waals surface area contributed by atoms with Crippen molar-refractivity contribution < 1.29 is 24.0 Å². The molecule has 13 nitrogen and oxygen atoms in total. The summed E-state index contributed by atoms with van der Waals surface area (Å²) < 4.78 is 0. The molecule has 0 aliphatic carbocycles. The van der Waals surface area contributed by atoms with Crippen LogP contribution in [0.25, 0.3) is 0 Å². The lowest BCUT2D eigenvalue weighted by atomic mass is 9.99. The van der Waals surface area contributed by atoms with Crippen LogP contribution in [0.15, 0.2) is 60.7 Å². The molecule has 1 fully saturated rings. The first kappa shape index (κ1) is 39.1. The summed E-state index contributed by atoms with van der Waals surface area (Å²) >= 11 is 0. The van der Waals surface area contributed by atoms with E-state index in [-0.39, 0.29) is 30.8 Å². The lowest BCUT2D eigenvalue weighted by Gasteiger charge is -2.32. The summed E-state index contributed by atoms with van der Waals surface area (Å²) in [6.07, 6.45) is 2.91. The van der Waals surface area contributed by atoms with Crippen LogP contribution in [0.2, 0.25) is 0 Å². The fraction of sp³-hybridized carbons (Fsp3) is 0.528. The Morgan fingerprint density at radius 3 is 1.84 bits per heavy atom. The van der Waals surface area contributed by atoms with Crippen molar-refractivity contribution in [2.24, 2.45) is 23.1 Å². The molecule has 10 N–H and O–H groups in total. The fourth-order valence-corrected chi connectivity index (χ4v) is 5.89. The molecule has 1 aliphatic heterocycles. The Morgan fingerprint density at radius 2 is 1.29 bits per heavy atom. The third kappa shape index (κ3) is 14.0. The van der Waals surface area contributed by atoms with Crippen LogP contribution >= 0.6 is 0 Å². The number of carbonyl (C=O) groups excluding carboxylic acids is 5. The number of nitrogens with two attached hydrogens (primary N) is 3. The predicted octanol–water partition coefficient (Wildman–Crippen LogP) is 0.104. The fourth-order valence-electron chi connectivity index (χ4n) is 5.89. The number of likely N-dealkylation sites (tertiary alicyclic amines) is 1. The van der Waals surface area contributed by atoms with E-state index in [1.54, 1.807) is 0 Å². The second kappa shape index (κ2) is 20.2. The van der Waals surface area contributed by atoms with Gasteiger partial charge in [0.1, 0.15) is 18.1 Å². The Bertz CT molecular complexity index is 1350. The summed E-state index contributed by atoms with van der Waals surface area (Å²) in [5.74, 6) is -2.21. The van der Waals surface area contributed by atoms with Gasteiger partial charge < -0.3 is 38.5 Å². The van der Waals surface area contributed by atoms with Gasteiger partial charge in [-0.05, 0) is 62.1 Å². The molecule has 1 aliphatic rings. The van der Waals surface area contributed by atoms with Crippen LogP contribution in [-0.2, 0) is 36.8 Å². The second-order valence-electron chi connectivity index (χ2n) is 13.3. The Hall–Kier alpha value is -4.33. The lowest BCUT2D eigenvalue weighted by molar-refractivity contribution is -0.134. The molecule has 0 bridgehead atoms. The van der Waals surface area contributed by atoms with Gasteiger partial charge in [0.05, 0.1) is 12.6 Å². The van der Waals surface area contributed by atoms with Gasteiger partial charge in [-0.25, -0.2) is 0 Å². The average Bonchev–Trinajstić information content (AvgIpc) is 3.07. The molecule has 0 spiro atoms. The number of piperidine rings is 1. The number of nitrogens with one attached hydrogen (secondary N) is 4. The maximum Gasteiger partial charge on any atom is 0.243 e. The Balaban J connectivity index is 1.71. The summed E-state index contributed by atoms with van der Waals surface area (Å²) in [6.45, 7) is 5.62. The van der Waals surface area contributed by atoms with Gasteiger partial charge in [-0.2, -0.15) is 0 Å². The van der Waals surface area contributed by atoms with Crippen molar-refractivity contribution in [1.29, 1.82) is 0 Å². The highest BCUT2D eigenvalue weighted by atomic mass is 16.2. The maximum atomic E-state index is 13.8. The number of amides is 5. The van der Waals surface area contributed by atoms with Crippen LogP contribution in [0.3, 0.4) is 0 Å². The van der Waals surface area contributed by atoms with E-state index in [2.05, 4.69) is 21.3 Å². The number of nitrogens with zero attached hydrogens (tertiary/aromatic N) is 1. The van der Waals surface area contributed by atoms with E-state index in [0.29, 0.717) is 58.2 Å². The third-order valence-corrected chi connectivity index (χ3v) is 8.53. The van der Waals surface area contributed by atoms with Crippen LogP contribution in [0.4, 0.5) is 0 Å². The number of benzene rings is 2. The zero-order chi connectivity index (χ0) is 35.8. The van der Waals surface area contributed by atoms with Gasteiger partial charge in [0, 0.05) is 25.6 Å². The molecule has 4 atom stereocenters. The molecule has 13 heteroatoms. The van der Waals surface area contributed by atoms with E-state index in [1.807, 2.05) is 79.4 Å². The Labute approximate surface area is 289 Å². The topological polar surface area (TPSA) is 215 Å². The van der Waals surface area contributed by atoms with E-state index in [9.17, 15) is 24.0 Å². The molecule has 0 saturated carbocycles. The third-order valence-electron chi connectivity index (χ3n) is 8.53. The maximum absolute atomic E-state index is 13.8. The minimum atomic E-state index is -1.00. The van der Waals surface area contributed by atoms with Crippen molar-refractivity contribution in [2.45, 2.75) is 89.0 Å². The van der Waals surface area contributed by atoms with E-state index >= 15 is 0 Å². The van der Waals surface area contributed by atoms with Crippen molar-refractivity contribution >= 4 is 29.5 Å². The molecule has 0 radical (unpaired) electrons. The normalized spacial score (nSPS) is 16.2. The van der Waals surface area contributed by atoms with Gasteiger partial charge >= 0.3 is 0 Å². The molecule has 2 aromatic carbocycles. The molecular weight excluding hydrogens is 624 g/mol. The number of rotatable bonds is 19. The van der Waals surface area contributed by atoms with Crippen molar-refractivity contribution in [1.82, 2.24) is 26.2 Å². The lowest BCUT2D eigenvalue weighted by Crippen LogP contribution is -2.59. The summed E-state index contributed by atoms with van der Waals surface area (Å²) in [6, 6.07) is 14.8. The average molecular weight is 679 g/mol. The predicted molar refractivity (Wildman–Crippen MR) is 189 cm³/mol. The molecule has 49 heavy (non-hydrogen) atoms. The van der Waals surface area contributed by atoms with E-state index in [0.717, 1.165) is 11.1 Å². The smallest absolute Gasteiger partial charge is 0.243 e. The highest BCUT2D eigenvalue weighted by Crippen LogP contribution is 2.13. The van der Waals surface area contributed by atoms with Gasteiger partial charge in [0.25, 0.3) is 0 Å². The van der Waals surface area contributed by atoms with Crippen LogP contribution < -0.4 is 38.5 Å². The second-order valence-corrected chi connectivity index (χ2v) is 13.3. The van der Waals surface area contributed by atoms with Crippen LogP contribution in [0, 0.1) is 5.92 Å². The first-order valence-corrected chi connectivity index (χ1v) is 17.2. The minimum Gasteiger partial charge on any atom is -0.369 e. The standard InChI is InChI=1S/C36H54N8O5/c1-24(2)20-30(35(48)41-29(14-9-17-37)34(47)40-27-15-18-44(19-16-27)23-32(39)45)43-36(49)31(22-26-12-7-4-8-13-26)42-33(46)28(38)21-25-10-5-3-6-11-25/h3-8,10-13,24,27-31H,9,14-23,37-38H2,1-2H3,(H2,39,45)(H,40,47)(H,41,48)(H,42,46)(H,43,49)/t28-,29?,30-,31?/m1/s1. The molecule has 5 amide bonds. The summed E-state index contributed by atoms with van der Waals surface area (Å²) in [4.78, 5) is 67.4. The molecule has 0 aromatic heterocycles. The largest absolute Gasteiger partial charge is 0.369 e. The van der Waals surface area contributed by atoms with Crippen molar-refractivity contribution in [3.8, 4) is 0 Å². The summed E-state index contributed by atoms with van der Waals surface area (Å²) in [7, 11) is 0. The quantitative estimate of drug-likeness (QED) is 0.108. The van der Waals surface area contributed by atoms with Crippen LogP contribution in [0.1, 0.15) is 57.1 Å². The molecule has 2 unspecified atom stereocenters. The van der Waals surface area contributed by atoms with Gasteiger partial charge in [-0.1, -0.05) is 74.5 Å². The number of hydrogen-bond donors (Lipinski definition) is 7. The van der Waals surface area contributed by atoms with Gasteiger partial charge in [-0.3, -0.25) is 28.9 Å². The first-order valence-electron chi connectivity index (χ1n) is 17.2. The zero-order valence-corrected chi connectivity index (χ0v) is 28.7. The summed E-state index contributed by atoms with van der Waals surface area (Å²) in [5, 5.41) is 11.6. The highest BCUT2D eigenvalue weighted by molar-refractivity contribution is 5.95. The van der Waals surface area contributed by atoms with Crippen molar-refractivity contribution in [3.05, 3.63) is 71.8 Å². The van der Waals surface area contributed by atoms with E-state index < -0.39 is 47.8 Å². The minimum absolute atomic E-state index is 0.0272. The van der Waals surface area contributed by atoms with E-state index in [4.69, 9.17) is 17.2 Å². The van der Waals surface area contributed by atoms with Crippen molar-refractivity contribution in [3.63, 3.8) is 0 Å². The Kier molecular flexibility index (Phi) is 16.2. The monoisotopic (exact) mass is 678 g/mol. The molecule has 3 rings (SSSR count). The van der Waals surface area contributed by atoms with Crippen LogP contribution in [-0.4, -0.2) is 90.8 Å². The summed E-state index contributed by atoms with van der Waals surface area (Å²) in [5.41, 5.74) is 19.0. The molecule has 1 saturated heterocycles. The number of carbonyl (C=O) groups is 5. The first-order chi connectivity index (χ1) is 23.4. The van der Waals surface area contributed by atoms with Gasteiger partial charge in [-0.15, -0.1) is 0 Å². The van der Waals surface area contributed by atoms with E-state index in [1.165, 1.54) is 0 Å². The zero-order valence-electron chi connectivity index (χ0n) is 28.7. The molecule has 1 heterocycles.